The molecule has 0 aromatic carbocycles. The summed E-state index contributed by atoms with van der Waals surface area (Å²) in [6.45, 7) is 8.89. The maximum atomic E-state index is 9.79. The van der Waals surface area contributed by atoms with Crippen molar-refractivity contribution >= 4 is 0 Å². The van der Waals surface area contributed by atoms with Crippen LogP contribution in [0.1, 0.15) is 59.8 Å². The summed E-state index contributed by atoms with van der Waals surface area (Å²) in [5.41, 5.74) is 0.0856. The van der Waals surface area contributed by atoms with Gasteiger partial charge in [0.25, 0.3) is 0 Å². The Hall–Kier alpha value is -0.0400. The van der Waals surface area contributed by atoms with Crippen LogP contribution in [0.3, 0.4) is 0 Å². The molecular formula is C12H24O. The van der Waals surface area contributed by atoms with E-state index in [2.05, 4.69) is 20.8 Å². The lowest BCUT2D eigenvalue weighted by atomic mass is 9.73. The Labute approximate surface area is 82.5 Å². The number of hydrogen-bond acceptors (Lipinski definition) is 1. The predicted molar refractivity (Wildman–Crippen MR) is 56.7 cm³/mol. The van der Waals surface area contributed by atoms with Crippen LogP contribution in [-0.2, 0) is 0 Å². The van der Waals surface area contributed by atoms with Crippen molar-refractivity contribution in [2.45, 2.75) is 65.4 Å². The molecule has 0 heterocycles. The van der Waals surface area contributed by atoms with Gasteiger partial charge in [0, 0.05) is 0 Å². The lowest BCUT2D eigenvalue weighted by molar-refractivity contribution is 0.00249. The molecule has 78 valence electrons. The van der Waals surface area contributed by atoms with E-state index in [-0.39, 0.29) is 5.60 Å². The van der Waals surface area contributed by atoms with E-state index in [0.717, 1.165) is 18.8 Å². The molecule has 1 nitrogen and oxygen atoms in total. The quantitative estimate of drug-likeness (QED) is 0.662. The molecule has 0 unspecified atom stereocenters. The van der Waals surface area contributed by atoms with Gasteiger partial charge in [-0.3, -0.25) is 0 Å². The molecular weight excluding hydrogens is 160 g/mol. The lowest BCUT2D eigenvalue weighted by Crippen LogP contribution is -2.31. The van der Waals surface area contributed by atoms with Crippen LogP contribution in [0.5, 0.6) is 0 Å². The minimum Gasteiger partial charge on any atom is -0.390 e. The summed E-state index contributed by atoms with van der Waals surface area (Å²) < 4.78 is 0. The molecule has 0 radical (unpaired) electrons. The third kappa shape index (κ3) is 4.12. The Bertz CT molecular complexity index is 154. The highest BCUT2D eigenvalue weighted by molar-refractivity contribution is 4.83. The van der Waals surface area contributed by atoms with Crippen LogP contribution in [-0.4, -0.2) is 10.7 Å². The zero-order valence-corrected chi connectivity index (χ0v) is 9.56. The van der Waals surface area contributed by atoms with Crippen LogP contribution >= 0.6 is 0 Å². The Balaban J connectivity index is 2.34. The molecule has 0 bridgehead atoms. The Morgan fingerprint density at radius 2 is 1.69 bits per heavy atom. The van der Waals surface area contributed by atoms with Gasteiger partial charge in [-0.1, -0.05) is 20.8 Å². The second-order valence-electron chi connectivity index (χ2n) is 6.21. The lowest BCUT2D eigenvalue weighted by Gasteiger charge is -2.35. The van der Waals surface area contributed by atoms with E-state index in [1.54, 1.807) is 0 Å². The predicted octanol–water partition coefficient (Wildman–Crippen LogP) is 3.36. The fraction of sp³-hybridized carbons (Fsp3) is 1.00. The summed E-state index contributed by atoms with van der Waals surface area (Å²) in [6, 6.07) is 0. The van der Waals surface area contributed by atoms with Crippen molar-refractivity contribution < 1.29 is 5.11 Å². The van der Waals surface area contributed by atoms with E-state index < -0.39 is 0 Å². The Kier molecular flexibility index (Phi) is 3.06. The molecule has 1 fully saturated rings. The number of aliphatic hydroxyl groups is 1. The first-order chi connectivity index (χ1) is 5.79. The smallest absolute Gasteiger partial charge is 0.0620 e. The molecule has 1 saturated carbocycles. The van der Waals surface area contributed by atoms with E-state index in [1.807, 2.05) is 6.92 Å². The molecule has 0 aromatic heterocycles. The standard InChI is InChI=1S/C12H24O/c1-11(2,3)9-10-5-7-12(4,13)8-6-10/h10,13H,5-9H2,1-4H3. The van der Waals surface area contributed by atoms with E-state index in [4.69, 9.17) is 0 Å². The van der Waals surface area contributed by atoms with Gasteiger partial charge in [0.1, 0.15) is 0 Å². The molecule has 0 spiro atoms. The molecule has 0 amide bonds. The van der Waals surface area contributed by atoms with Gasteiger partial charge in [-0.15, -0.1) is 0 Å². The minimum absolute atomic E-state index is 0.367. The summed E-state index contributed by atoms with van der Waals surface area (Å²) in [4.78, 5) is 0. The van der Waals surface area contributed by atoms with E-state index in [0.29, 0.717) is 5.41 Å². The number of rotatable bonds is 1. The van der Waals surface area contributed by atoms with Gasteiger partial charge in [0.2, 0.25) is 0 Å². The highest BCUT2D eigenvalue weighted by Gasteiger charge is 2.30. The average molecular weight is 184 g/mol. The van der Waals surface area contributed by atoms with Gasteiger partial charge in [-0.2, -0.15) is 0 Å². The average Bonchev–Trinajstić information content (AvgIpc) is 1.91. The van der Waals surface area contributed by atoms with Crippen molar-refractivity contribution in [3.05, 3.63) is 0 Å². The highest BCUT2D eigenvalue weighted by atomic mass is 16.3. The SMILES string of the molecule is CC(C)(C)CC1CCC(C)(O)CC1. The maximum Gasteiger partial charge on any atom is 0.0620 e. The zero-order valence-electron chi connectivity index (χ0n) is 9.56. The number of hydrogen-bond donors (Lipinski definition) is 1. The van der Waals surface area contributed by atoms with E-state index in [9.17, 15) is 5.11 Å². The summed E-state index contributed by atoms with van der Waals surface area (Å²) in [5.74, 6) is 0.847. The molecule has 0 saturated heterocycles. The van der Waals surface area contributed by atoms with Crippen molar-refractivity contribution in [3.8, 4) is 0 Å². The summed E-state index contributed by atoms with van der Waals surface area (Å²) in [6.07, 6.45) is 5.72. The second-order valence-corrected chi connectivity index (χ2v) is 6.21. The van der Waals surface area contributed by atoms with Crippen LogP contribution in [0.25, 0.3) is 0 Å². The van der Waals surface area contributed by atoms with Crippen molar-refractivity contribution in [1.29, 1.82) is 0 Å². The third-order valence-electron chi connectivity index (χ3n) is 3.08. The Morgan fingerprint density at radius 3 is 2.08 bits per heavy atom. The molecule has 1 rings (SSSR count). The van der Waals surface area contributed by atoms with Crippen molar-refractivity contribution in [3.63, 3.8) is 0 Å². The summed E-state index contributed by atoms with van der Waals surface area (Å²) >= 11 is 0. The van der Waals surface area contributed by atoms with Crippen LogP contribution in [0.4, 0.5) is 0 Å². The maximum absolute atomic E-state index is 9.79. The first kappa shape index (κ1) is 11.0. The van der Waals surface area contributed by atoms with Crippen LogP contribution in [0, 0.1) is 11.3 Å². The van der Waals surface area contributed by atoms with Gasteiger partial charge < -0.3 is 5.11 Å². The summed E-state index contributed by atoms with van der Waals surface area (Å²) in [7, 11) is 0. The van der Waals surface area contributed by atoms with E-state index in [1.165, 1.54) is 19.3 Å². The van der Waals surface area contributed by atoms with Crippen molar-refractivity contribution in [1.82, 2.24) is 0 Å². The minimum atomic E-state index is -0.367. The molecule has 0 aliphatic heterocycles. The molecule has 1 aliphatic carbocycles. The zero-order chi connectivity index (χ0) is 10.1. The normalized spacial score (nSPS) is 36.2. The monoisotopic (exact) mass is 184 g/mol. The van der Waals surface area contributed by atoms with Crippen LogP contribution in [0.2, 0.25) is 0 Å². The van der Waals surface area contributed by atoms with Gasteiger partial charge in [-0.05, 0) is 50.4 Å². The fourth-order valence-corrected chi connectivity index (χ4v) is 2.37. The fourth-order valence-electron chi connectivity index (χ4n) is 2.37. The molecule has 1 heteroatoms. The molecule has 13 heavy (non-hydrogen) atoms. The third-order valence-corrected chi connectivity index (χ3v) is 3.08. The highest BCUT2D eigenvalue weighted by Crippen LogP contribution is 2.37. The van der Waals surface area contributed by atoms with Gasteiger partial charge in [0.05, 0.1) is 5.60 Å². The van der Waals surface area contributed by atoms with Gasteiger partial charge >= 0.3 is 0 Å². The first-order valence-electron chi connectivity index (χ1n) is 5.51. The Morgan fingerprint density at radius 1 is 1.23 bits per heavy atom. The summed E-state index contributed by atoms with van der Waals surface area (Å²) in [5, 5.41) is 9.79. The van der Waals surface area contributed by atoms with E-state index >= 15 is 0 Å². The molecule has 0 aromatic rings. The largest absolute Gasteiger partial charge is 0.390 e. The van der Waals surface area contributed by atoms with Gasteiger partial charge in [-0.25, -0.2) is 0 Å². The molecule has 1 aliphatic rings. The second kappa shape index (κ2) is 3.61. The first-order valence-corrected chi connectivity index (χ1v) is 5.51. The molecule has 0 atom stereocenters. The van der Waals surface area contributed by atoms with Crippen LogP contribution in [0.15, 0.2) is 0 Å². The molecule has 1 N–H and O–H groups in total. The topological polar surface area (TPSA) is 20.2 Å². The van der Waals surface area contributed by atoms with Crippen molar-refractivity contribution in [2.24, 2.45) is 11.3 Å². The van der Waals surface area contributed by atoms with Crippen molar-refractivity contribution in [2.75, 3.05) is 0 Å². The van der Waals surface area contributed by atoms with Crippen LogP contribution < -0.4 is 0 Å². The van der Waals surface area contributed by atoms with Gasteiger partial charge in [0.15, 0.2) is 0 Å².